The van der Waals surface area contributed by atoms with Crippen LogP contribution < -0.4 is 0 Å². The fraction of sp³-hybridized carbons (Fsp3) is 0.167. The second kappa shape index (κ2) is 4.52. The van der Waals surface area contributed by atoms with E-state index >= 15 is 0 Å². The normalized spacial score (nSPS) is 10.9. The van der Waals surface area contributed by atoms with Crippen molar-refractivity contribution in [1.82, 2.24) is 19.7 Å². The van der Waals surface area contributed by atoms with Gasteiger partial charge in [-0.15, -0.1) is 0 Å². The maximum absolute atomic E-state index is 10.9. The molecule has 19 heavy (non-hydrogen) atoms. The van der Waals surface area contributed by atoms with Crippen LogP contribution in [0.4, 0.5) is 0 Å². The van der Waals surface area contributed by atoms with Crippen LogP contribution in [0.2, 0.25) is 0 Å². The third kappa shape index (κ3) is 2.17. The van der Waals surface area contributed by atoms with Gasteiger partial charge in [-0.05, 0) is 18.2 Å². The summed E-state index contributed by atoms with van der Waals surface area (Å²) in [5, 5.41) is 12.7. The quantitative estimate of drug-likeness (QED) is 0.759. The van der Waals surface area contributed by atoms with E-state index in [4.69, 9.17) is 5.11 Å². The van der Waals surface area contributed by atoms with E-state index in [1.165, 1.54) is 6.39 Å². The minimum atomic E-state index is -0.955. The van der Waals surface area contributed by atoms with E-state index in [2.05, 4.69) is 19.6 Å². The minimum absolute atomic E-state index is 0.232. The van der Waals surface area contributed by atoms with Crippen molar-refractivity contribution in [3.8, 4) is 0 Å². The summed E-state index contributed by atoms with van der Waals surface area (Å²) < 4.78 is 6.59. The number of benzene rings is 1. The van der Waals surface area contributed by atoms with Gasteiger partial charge >= 0.3 is 5.97 Å². The molecule has 0 saturated carbocycles. The second-order valence-electron chi connectivity index (χ2n) is 4.04. The number of fused-ring (bicyclic) bond motifs is 1. The summed E-state index contributed by atoms with van der Waals surface area (Å²) in [7, 11) is 0. The highest BCUT2D eigenvalue weighted by Crippen LogP contribution is 2.15. The Bertz CT molecular complexity index is 718. The number of hydrogen-bond acceptors (Lipinski definition) is 5. The van der Waals surface area contributed by atoms with Crippen molar-refractivity contribution >= 4 is 17.0 Å². The maximum Gasteiger partial charge on any atom is 0.335 e. The van der Waals surface area contributed by atoms with Gasteiger partial charge in [0.05, 0.1) is 22.9 Å². The molecule has 0 bridgehead atoms. The molecule has 2 aromatic heterocycles. The Labute approximate surface area is 107 Å². The number of aryl methyl sites for hydroxylation is 2. The molecule has 0 saturated heterocycles. The molecule has 3 aromatic rings. The van der Waals surface area contributed by atoms with E-state index in [1.807, 2.05) is 4.57 Å². The topological polar surface area (TPSA) is 94.0 Å². The number of carbonyl (C=O) groups is 1. The van der Waals surface area contributed by atoms with Crippen LogP contribution in [-0.2, 0) is 13.0 Å². The van der Waals surface area contributed by atoms with Crippen LogP contribution in [0, 0.1) is 0 Å². The van der Waals surface area contributed by atoms with Crippen LogP contribution in [0.15, 0.2) is 35.4 Å². The highest BCUT2D eigenvalue weighted by molar-refractivity contribution is 5.92. The summed E-state index contributed by atoms with van der Waals surface area (Å²) >= 11 is 0. The van der Waals surface area contributed by atoms with Crippen LogP contribution in [0.1, 0.15) is 16.2 Å². The molecule has 7 nitrogen and oxygen atoms in total. The van der Waals surface area contributed by atoms with Crippen LogP contribution in [0.3, 0.4) is 0 Å². The molecule has 1 N–H and O–H groups in total. The molecule has 0 aliphatic carbocycles. The first-order chi connectivity index (χ1) is 9.24. The smallest absolute Gasteiger partial charge is 0.335 e. The summed E-state index contributed by atoms with van der Waals surface area (Å²) in [6.07, 6.45) is 3.60. The van der Waals surface area contributed by atoms with Crippen molar-refractivity contribution in [3.05, 3.63) is 42.3 Å². The van der Waals surface area contributed by atoms with E-state index in [9.17, 15) is 4.79 Å². The minimum Gasteiger partial charge on any atom is -0.478 e. The molecule has 7 heteroatoms. The summed E-state index contributed by atoms with van der Waals surface area (Å²) in [4.78, 5) is 19.0. The van der Waals surface area contributed by atoms with Gasteiger partial charge in [-0.25, -0.2) is 9.78 Å². The number of imidazole rings is 1. The lowest BCUT2D eigenvalue weighted by atomic mass is 10.2. The van der Waals surface area contributed by atoms with Gasteiger partial charge in [0.1, 0.15) is 0 Å². The molecule has 0 atom stereocenters. The molecule has 0 unspecified atom stereocenters. The van der Waals surface area contributed by atoms with Crippen LogP contribution in [-0.4, -0.2) is 30.8 Å². The van der Waals surface area contributed by atoms with E-state index in [-0.39, 0.29) is 5.56 Å². The maximum atomic E-state index is 10.9. The standard InChI is InChI=1S/C12H10N4O3/c17-12(18)8-1-2-10-9(5-8)13-6-16(10)4-3-11-14-7-19-15-11/h1-2,5-7H,3-4H2,(H,17,18). The predicted octanol–water partition coefficient (Wildman–Crippen LogP) is 1.36. The lowest BCUT2D eigenvalue weighted by Gasteiger charge is -2.02. The first-order valence-electron chi connectivity index (χ1n) is 5.67. The third-order valence-electron chi connectivity index (χ3n) is 2.85. The van der Waals surface area contributed by atoms with Gasteiger partial charge in [0.2, 0.25) is 6.39 Å². The third-order valence-corrected chi connectivity index (χ3v) is 2.85. The molecule has 0 aliphatic rings. The Hall–Kier alpha value is -2.70. The molecule has 0 spiro atoms. The first kappa shape index (κ1) is 11.4. The van der Waals surface area contributed by atoms with Gasteiger partial charge in [0.25, 0.3) is 0 Å². The number of carboxylic acid groups (broad SMARTS) is 1. The largest absolute Gasteiger partial charge is 0.478 e. The van der Waals surface area contributed by atoms with Crippen molar-refractivity contribution in [2.75, 3.05) is 0 Å². The van der Waals surface area contributed by atoms with Crippen LogP contribution >= 0.6 is 0 Å². The van der Waals surface area contributed by atoms with Crippen molar-refractivity contribution < 1.29 is 14.4 Å². The van der Waals surface area contributed by atoms with E-state index in [0.29, 0.717) is 24.3 Å². The number of aromatic nitrogens is 4. The number of aromatic carboxylic acids is 1. The Kier molecular flexibility index (Phi) is 2.71. The van der Waals surface area contributed by atoms with Crippen molar-refractivity contribution in [1.29, 1.82) is 0 Å². The summed E-state index contributed by atoms with van der Waals surface area (Å²) in [5.74, 6) is -0.327. The monoisotopic (exact) mass is 258 g/mol. The second-order valence-corrected chi connectivity index (χ2v) is 4.04. The van der Waals surface area contributed by atoms with Crippen LogP contribution in [0.25, 0.3) is 11.0 Å². The lowest BCUT2D eigenvalue weighted by Crippen LogP contribution is -2.01. The molecule has 0 amide bonds. The highest BCUT2D eigenvalue weighted by atomic mass is 16.5. The van der Waals surface area contributed by atoms with Gasteiger partial charge in [-0.3, -0.25) is 0 Å². The molecule has 0 aliphatic heterocycles. The fourth-order valence-electron chi connectivity index (χ4n) is 1.90. The van der Waals surface area contributed by atoms with Gasteiger partial charge in [-0.1, -0.05) is 5.16 Å². The summed E-state index contributed by atoms with van der Waals surface area (Å²) in [6, 6.07) is 4.88. The Morgan fingerprint density at radius 3 is 3.00 bits per heavy atom. The van der Waals surface area contributed by atoms with E-state index in [1.54, 1.807) is 24.5 Å². The van der Waals surface area contributed by atoms with Gasteiger partial charge in [0.15, 0.2) is 5.82 Å². The van der Waals surface area contributed by atoms with Crippen LogP contribution in [0.5, 0.6) is 0 Å². The number of nitrogens with zero attached hydrogens (tertiary/aromatic N) is 4. The van der Waals surface area contributed by atoms with E-state index in [0.717, 1.165) is 5.52 Å². The molecule has 0 fully saturated rings. The average molecular weight is 258 g/mol. The predicted molar refractivity (Wildman–Crippen MR) is 64.7 cm³/mol. The fourth-order valence-corrected chi connectivity index (χ4v) is 1.90. The number of hydrogen-bond donors (Lipinski definition) is 1. The highest BCUT2D eigenvalue weighted by Gasteiger charge is 2.08. The van der Waals surface area contributed by atoms with Crippen molar-refractivity contribution in [2.45, 2.75) is 13.0 Å². The molecule has 96 valence electrons. The zero-order valence-corrected chi connectivity index (χ0v) is 9.85. The Balaban J connectivity index is 1.86. The first-order valence-corrected chi connectivity index (χ1v) is 5.67. The molecular weight excluding hydrogens is 248 g/mol. The number of rotatable bonds is 4. The summed E-state index contributed by atoms with van der Waals surface area (Å²) in [6.45, 7) is 0.655. The molecule has 1 aromatic carbocycles. The van der Waals surface area contributed by atoms with Crippen molar-refractivity contribution in [3.63, 3.8) is 0 Å². The number of carboxylic acids is 1. The SMILES string of the molecule is O=C(O)c1ccc2c(c1)ncn2CCc1ncon1. The molecular formula is C12H10N4O3. The van der Waals surface area contributed by atoms with Crippen molar-refractivity contribution in [2.24, 2.45) is 0 Å². The molecule has 3 rings (SSSR count). The summed E-state index contributed by atoms with van der Waals surface area (Å²) in [5.41, 5.74) is 1.78. The zero-order chi connectivity index (χ0) is 13.2. The Morgan fingerprint density at radius 1 is 1.37 bits per heavy atom. The molecule has 0 radical (unpaired) electrons. The average Bonchev–Trinajstić information content (AvgIpc) is 3.05. The van der Waals surface area contributed by atoms with Gasteiger partial charge in [-0.2, -0.15) is 4.98 Å². The zero-order valence-electron chi connectivity index (χ0n) is 9.85. The molecule has 2 heterocycles. The van der Waals surface area contributed by atoms with Gasteiger partial charge < -0.3 is 14.2 Å². The lowest BCUT2D eigenvalue weighted by molar-refractivity contribution is 0.0697. The Morgan fingerprint density at radius 2 is 2.26 bits per heavy atom. The van der Waals surface area contributed by atoms with E-state index < -0.39 is 5.97 Å². The van der Waals surface area contributed by atoms with Gasteiger partial charge in [0, 0.05) is 13.0 Å².